The van der Waals surface area contributed by atoms with Gasteiger partial charge < -0.3 is 5.32 Å². The molecule has 1 aromatic heterocycles. The highest BCUT2D eigenvalue weighted by Crippen LogP contribution is 2.35. The second kappa shape index (κ2) is 9.04. The Bertz CT molecular complexity index is 1060. The lowest BCUT2D eigenvalue weighted by atomic mass is 9.95. The number of thiazole rings is 1. The number of allylic oxidation sites excluding steroid dienone is 2. The first-order valence-electron chi connectivity index (χ1n) is 8.98. The fourth-order valence-corrected chi connectivity index (χ4v) is 3.30. The summed E-state index contributed by atoms with van der Waals surface area (Å²) in [5.74, 6) is -1.47. The SMILES string of the molecule is C=CC(=O)NN1C=CC(c2cccc([C@H](C)C(=O)Nc3ncc(C(F)(F)F)s3)c2)=CN1. The number of nitrogens with zero attached hydrogens (tertiary/aromatic N) is 2. The van der Waals surface area contributed by atoms with Crippen LogP contribution < -0.4 is 16.2 Å². The molecule has 1 aliphatic rings. The van der Waals surface area contributed by atoms with Gasteiger partial charge in [0.1, 0.15) is 4.88 Å². The number of hydrazine groups is 2. The van der Waals surface area contributed by atoms with E-state index in [1.807, 2.05) is 12.1 Å². The summed E-state index contributed by atoms with van der Waals surface area (Å²) in [5, 5.41) is 3.68. The van der Waals surface area contributed by atoms with E-state index in [9.17, 15) is 22.8 Å². The van der Waals surface area contributed by atoms with Crippen molar-refractivity contribution >= 4 is 33.9 Å². The Kier molecular flexibility index (Phi) is 6.44. The van der Waals surface area contributed by atoms with Crippen molar-refractivity contribution < 1.29 is 22.8 Å². The van der Waals surface area contributed by atoms with Gasteiger partial charge >= 0.3 is 6.18 Å². The van der Waals surface area contributed by atoms with Crippen LogP contribution in [0.15, 0.2) is 61.6 Å². The first-order chi connectivity index (χ1) is 14.7. The molecule has 1 aliphatic heterocycles. The topological polar surface area (TPSA) is 86.4 Å². The molecule has 3 rings (SSSR count). The minimum absolute atomic E-state index is 0.107. The molecule has 162 valence electrons. The Balaban J connectivity index is 1.67. The van der Waals surface area contributed by atoms with Gasteiger partial charge in [-0.1, -0.05) is 42.2 Å². The molecule has 0 bridgehead atoms. The van der Waals surface area contributed by atoms with Crippen LogP contribution in [0.1, 0.15) is 28.8 Å². The van der Waals surface area contributed by atoms with E-state index in [4.69, 9.17) is 0 Å². The van der Waals surface area contributed by atoms with Crippen molar-refractivity contribution in [3.63, 3.8) is 0 Å². The average Bonchev–Trinajstić information content (AvgIpc) is 3.23. The predicted molar refractivity (Wildman–Crippen MR) is 111 cm³/mol. The number of amides is 2. The van der Waals surface area contributed by atoms with Gasteiger partial charge in [0, 0.05) is 18.0 Å². The van der Waals surface area contributed by atoms with E-state index in [0.29, 0.717) is 23.1 Å². The monoisotopic (exact) mass is 449 g/mol. The first kappa shape index (κ1) is 22.1. The van der Waals surface area contributed by atoms with Gasteiger partial charge in [-0.2, -0.15) is 13.2 Å². The number of nitrogens with one attached hydrogen (secondary N) is 3. The van der Waals surface area contributed by atoms with E-state index in [0.717, 1.165) is 17.2 Å². The van der Waals surface area contributed by atoms with Gasteiger partial charge in [-0.25, -0.2) is 15.5 Å². The van der Waals surface area contributed by atoms with Crippen LogP contribution in [0, 0.1) is 0 Å². The molecule has 1 atom stereocenters. The van der Waals surface area contributed by atoms with E-state index in [1.165, 1.54) is 5.12 Å². The van der Waals surface area contributed by atoms with Crippen LogP contribution in [0.25, 0.3) is 5.57 Å². The molecule has 2 amide bonds. The van der Waals surface area contributed by atoms with Gasteiger partial charge in [0.15, 0.2) is 5.13 Å². The maximum absolute atomic E-state index is 12.7. The zero-order chi connectivity index (χ0) is 22.6. The van der Waals surface area contributed by atoms with Gasteiger partial charge in [-0.15, -0.1) is 0 Å². The van der Waals surface area contributed by atoms with Crippen LogP contribution in [0.5, 0.6) is 0 Å². The van der Waals surface area contributed by atoms with Crippen molar-refractivity contribution in [3.05, 3.63) is 77.6 Å². The number of benzene rings is 1. The number of hydrogen-bond acceptors (Lipinski definition) is 6. The minimum atomic E-state index is -4.50. The quantitative estimate of drug-likeness (QED) is 0.584. The highest BCUT2D eigenvalue weighted by Gasteiger charge is 2.33. The number of carbonyl (C=O) groups is 2. The lowest BCUT2D eigenvalue weighted by molar-refractivity contribution is -0.134. The van der Waals surface area contributed by atoms with Crippen LogP contribution in [0.3, 0.4) is 0 Å². The fraction of sp³-hybridized carbons (Fsp3) is 0.150. The second-order valence-corrected chi connectivity index (χ2v) is 7.49. The summed E-state index contributed by atoms with van der Waals surface area (Å²) < 4.78 is 38.1. The Morgan fingerprint density at radius 1 is 1.35 bits per heavy atom. The number of rotatable bonds is 6. The van der Waals surface area contributed by atoms with Crippen molar-refractivity contribution in [2.45, 2.75) is 19.0 Å². The largest absolute Gasteiger partial charge is 0.427 e. The molecule has 0 spiro atoms. The zero-order valence-corrected chi connectivity index (χ0v) is 17.1. The van der Waals surface area contributed by atoms with Crippen LogP contribution in [-0.4, -0.2) is 21.9 Å². The molecule has 11 heteroatoms. The van der Waals surface area contributed by atoms with Crippen molar-refractivity contribution in [1.29, 1.82) is 0 Å². The van der Waals surface area contributed by atoms with Gasteiger partial charge in [0.25, 0.3) is 5.91 Å². The van der Waals surface area contributed by atoms with E-state index in [2.05, 4.69) is 27.7 Å². The lowest BCUT2D eigenvalue weighted by Gasteiger charge is -2.24. The van der Waals surface area contributed by atoms with E-state index in [-0.39, 0.29) is 11.0 Å². The molecule has 2 aromatic rings. The molecule has 0 saturated heterocycles. The summed E-state index contributed by atoms with van der Waals surface area (Å²) in [6, 6.07) is 7.19. The fourth-order valence-electron chi connectivity index (χ4n) is 2.61. The summed E-state index contributed by atoms with van der Waals surface area (Å²) in [6.45, 7) is 5.03. The molecule has 0 radical (unpaired) electrons. The van der Waals surface area contributed by atoms with Crippen molar-refractivity contribution in [1.82, 2.24) is 21.0 Å². The number of carbonyl (C=O) groups excluding carboxylic acids is 2. The molecule has 1 aromatic carbocycles. The summed E-state index contributed by atoms with van der Waals surface area (Å²) in [7, 11) is 0. The Morgan fingerprint density at radius 3 is 2.74 bits per heavy atom. The summed E-state index contributed by atoms with van der Waals surface area (Å²) in [6.07, 6.45) is 2.38. The van der Waals surface area contributed by atoms with Gasteiger partial charge in [0.2, 0.25) is 5.91 Å². The van der Waals surface area contributed by atoms with Gasteiger partial charge in [-0.3, -0.25) is 15.0 Å². The molecule has 0 unspecified atom stereocenters. The van der Waals surface area contributed by atoms with Gasteiger partial charge in [-0.05, 0) is 30.2 Å². The number of aromatic nitrogens is 1. The highest BCUT2D eigenvalue weighted by atomic mass is 32.1. The Morgan fingerprint density at radius 2 is 2.13 bits per heavy atom. The number of hydrogen-bond donors (Lipinski definition) is 3. The molecule has 31 heavy (non-hydrogen) atoms. The minimum Gasteiger partial charge on any atom is -0.301 e. The molecular weight excluding hydrogens is 431 g/mol. The third-order valence-electron chi connectivity index (χ3n) is 4.31. The number of alkyl halides is 3. The molecular formula is C20H18F3N5O2S. The van der Waals surface area contributed by atoms with Crippen molar-refractivity contribution in [2.75, 3.05) is 5.32 Å². The second-order valence-electron chi connectivity index (χ2n) is 6.46. The Labute approximate surface area is 179 Å². The maximum atomic E-state index is 12.7. The molecule has 3 N–H and O–H groups in total. The standard InChI is InChI=1S/C20H18F3N5O2S/c1-3-17(29)27-28-8-7-15(10-25-28)14-6-4-5-13(9-14)12(2)18(30)26-19-24-11-16(31-19)20(21,22)23/h3-12,25H,1H2,2H3,(H,27,29)(H,24,26,30)/t12-/m0/s1. The van der Waals surface area contributed by atoms with E-state index < -0.39 is 22.9 Å². The number of halogens is 3. The average molecular weight is 449 g/mol. The normalized spacial score (nSPS) is 14.3. The summed E-state index contributed by atoms with van der Waals surface area (Å²) >= 11 is 0.377. The smallest absolute Gasteiger partial charge is 0.301 e. The first-order valence-corrected chi connectivity index (χ1v) is 9.80. The Hall–Kier alpha value is -3.60. The van der Waals surface area contributed by atoms with Crippen LogP contribution in [-0.2, 0) is 15.8 Å². The van der Waals surface area contributed by atoms with Crippen molar-refractivity contribution in [3.8, 4) is 0 Å². The maximum Gasteiger partial charge on any atom is 0.427 e. The highest BCUT2D eigenvalue weighted by molar-refractivity contribution is 7.15. The summed E-state index contributed by atoms with van der Waals surface area (Å²) in [5.41, 5.74) is 7.69. The molecule has 0 fully saturated rings. The molecule has 0 aliphatic carbocycles. The number of anilines is 1. The predicted octanol–water partition coefficient (Wildman–Crippen LogP) is 3.80. The van der Waals surface area contributed by atoms with E-state index in [1.54, 1.807) is 37.5 Å². The third kappa shape index (κ3) is 5.51. The lowest BCUT2D eigenvalue weighted by Crippen LogP contribution is -2.45. The van der Waals surface area contributed by atoms with Crippen molar-refractivity contribution in [2.24, 2.45) is 0 Å². The van der Waals surface area contributed by atoms with Crippen LogP contribution in [0.2, 0.25) is 0 Å². The summed E-state index contributed by atoms with van der Waals surface area (Å²) in [4.78, 5) is 26.6. The van der Waals surface area contributed by atoms with Crippen LogP contribution in [0.4, 0.5) is 18.3 Å². The van der Waals surface area contributed by atoms with Crippen LogP contribution >= 0.6 is 11.3 Å². The van der Waals surface area contributed by atoms with E-state index >= 15 is 0 Å². The zero-order valence-electron chi connectivity index (χ0n) is 16.2. The molecule has 2 heterocycles. The molecule has 7 nitrogen and oxygen atoms in total. The third-order valence-corrected chi connectivity index (χ3v) is 5.26. The molecule has 0 saturated carbocycles. The van der Waals surface area contributed by atoms with Gasteiger partial charge in [0.05, 0.1) is 12.1 Å².